The second-order valence-electron chi connectivity index (χ2n) is 4.14. The molecule has 0 aromatic rings. The number of carbonyl (C=O) groups is 3. The molecule has 110 valence electrons. The zero-order valence-electron chi connectivity index (χ0n) is 11.3. The van der Waals surface area contributed by atoms with Crippen LogP contribution in [0.2, 0.25) is 0 Å². The van der Waals surface area contributed by atoms with Crippen LogP contribution >= 0.6 is 0 Å². The van der Waals surface area contributed by atoms with E-state index in [1.165, 1.54) is 4.90 Å². The highest BCUT2D eigenvalue weighted by atomic mass is 16.4. The Morgan fingerprint density at radius 1 is 1.21 bits per heavy atom. The van der Waals surface area contributed by atoms with E-state index in [4.69, 9.17) is 15.9 Å². The topological polar surface area (TPSA) is 121 Å². The Hall–Kier alpha value is -1.63. The summed E-state index contributed by atoms with van der Waals surface area (Å²) in [6.45, 7) is 4.23. The maximum atomic E-state index is 11.7. The smallest absolute Gasteiger partial charge is 0.326 e. The minimum Gasteiger partial charge on any atom is -0.481 e. The Bertz CT molecular complexity index is 332. The van der Waals surface area contributed by atoms with Crippen molar-refractivity contribution < 1.29 is 24.6 Å². The largest absolute Gasteiger partial charge is 0.481 e. The monoisotopic (exact) mass is 274 g/mol. The van der Waals surface area contributed by atoms with Crippen LogP contribution in [0.15, 0.2) is 0 Å². The van der Waals surface area contributed by atoms with Gasteiger partial charge in [0.05, 0.1) is 0 Å². The first-order valence-corrected chi connectivity index (χ1v) is 6.41. The quantitative estimate of drug-likeness (QED) is 0.662. The number of hydrogen-bond acceptors (Lipinski definition) is 4. The minimum atomic E-state index is -1.07. The highest BCUT2D eigenvalue weighted by molar-refractivity contribution is 5.84. The molecule has 0 bridgehead atoms. The van der Waals surface area contributed by atoms with Crippen LogP contribution in [-0.2, 0) is 14.4 Å². The number of rotatable bonds is 5. The molecule has 1 amide bonds. The number of aliphatic carboxylic acids is 2. The van der Waals surface area contributed by atoms with E-state index in [0.29, 0.717) is 0 Å². The Morgan fingerprint density at radius 3 is 2.26 bits per heavy atom. The molecule has 1 fully saturated rings. The fourth-order valence-electron chi connectivity index (χ4n) is 1.91. The molecular weight excluding hydrogens is 252 g/mol. The zero-order chi connectivity index (χ0) is 15.0. The maximum absolute atomic E-state index is 11.7. The second kappa shape index (κ2) is 8.47. The van der Waals surface area contributed by atoms with E-state index in [1.54, 1.807) is 0 Å². The number of nitrogens with zero attached hydrogens (tertiary/aromatic N) is 1. The van der Waals surface area contributed by atoms with Crippen molar-refractivity contribution in [3.05, 3.63) is 0 Å². The summed E-state index contributed by atoms with van der Waals surface area (Å²) in [6.07, 6.45) is 0.415. The fraction of sp³-hybridized carbons (Fsp3) is 0.750. The van der Waals surface area contributed by atoms with Crippen LogP contribution in [0, 0.1) is 0 Å². The third-order valence-electron chi connectivity index (χ3n) is 2.72. The molecule has 1 heterocycles. The van der Waals surface area contributed by atoms with Crippen LogP contribution in [0.4, 0.5) is 0 Å². The molecule has 0 radical (unpaired) electrons. The van der Waals surface area contributed by atoms with Crippen LogP contribution in [0.1, 0.15) is 39.5 Å². The molecule has 0 aliphatic carbocycles. The van der Waals surface area contributed by atoms with E-state index >= 15 is 0 Å². The van der Waals surface area contributed by atoms with Crippen LogP contribution in [0.25, 0.3) is 0 Å². The number of carbonyl (C=O) groups excluding carboxylic acids is 1. The Morgan fingerprint density at radius 2 is 1.79 bits per heavy atom. The van der Waals surface area contributed by atoms with Gasteiger partial charge < -0.3 is 20.8 Å². The Labute approximate surface area is 112 Å². The van der Waals surface area contributed by atoms with Gasteiger partial charge in [0.25, 0.3) is 0 Å². The van der Waals surface area contributed by atoms with Crippen molar-refractivity contribution in [3.63, 3.8) is 0 Å². The number of carboxylic acids is 2. The lowest BCUT2D eigenvalue weighted by atomic mass is 10.1. The molecule has 7 heteroatoms. The summed E-state index contributed by atoms with van der Waals surface area (Å²) in [4.78, 5) is 34.1. The van der Waals surface area contributed by atoms with Crippen molar-refractivity contribution in [2.45, 2.75) is 51.6 Å². The summed E-state index contributed by atoms with van der Waals surface area (Å²) in [5.41, 5.74) is 5.62. The summed E-state index contributed by atoms with van der Waals surface area (Å²) in [5.74, 6) is -2.37. The molecule has 1 aliphatic heterocycles. The first-order valence-electron chi connectivity index (χ1n) is 6.41. The molecular formula is C12H22N2O5. The molecule has 0 aromatic heterocycles. The summed E-state index contributed by atoms with van der Waals surface area (Å²) in [5, 5.41) is 17.4. The first kappa shape index (κ1) is 17.4. The summed E-state index contributed by atoms with van der Waals surface area (Å²) in [6, 6.07) is -1.19. The average Bonchev–Trinajstić information content (AvgIpc) is 2.73. The van der Waals surface area contributed by atoms with Gasteiger partial charge in [0.15, 0.2) is 0 Å². The van der Waals surface area contributed by atoms with Gasteiger partial charge in [-0.3, -0.25) is 9.59 Å². The molecule has 0 saturated carbocycles. The first-order chi connectivity index (χ1) is 8.91. The lowest BCUT2D eigenvalue weighted by Gasteiger charge is -2.21. The van der Waals surface area contributed by atoms with Crippen molar-refractivity contribution in [3.8, 4) is 0 Å². The Kier molecular flexibility index (Phi) is 7.74. The van der Waals surface area contributed by atoms with Crippen molar-refractivity contribution in [1.82, 2.24) is 4.90 Å². The predicted octanol–water partition coefficient (Wildman–Crippen LogP) is 0.280. The number of likely N-dealkylation sites (tertiary alicyclic amines) is 1. The van der Waals surface area contributed by atoms with Crippen molar-refractivity contribution in [2.75, 3.05) is 6.54 Å². The molecule has 2 atom stereocenters. The average molecular weight is 274 g/mol. The van der Waals surface area contributed by atoms with Gasteiger partial charge in [0.2, 0.25) is 5.91 Å². The van der Waals surface area contributed by atoms with Gasteiger partial charge in [-0.25, -0.2) is 4.79 Å². The van der Waals surface area contributed by atoms with E-state index in [-0.39, 0.29) is 44.2 Å². The van der Waals surface area contributed by atoms with E-state index in [9.17, 15) is 14.4 Å². The van der Waals surface area contributed by atoms with Crippen LogP contribution in [-0.4, -0.2) is 51.6 Å². The maximum Gasteiger partial charge on any atom is 0.326 e. The van der Waals surface area contributed by atoms with E-state index in [2.05, 4.69) is 0 Å². The van der Waals surface area contributed by atoms with Gasteiger partial charge in [-0.15, -0.1) is 0 Å². The molecule has 0 aromatic carbocycles. The van der Waals surface area contributed by atoms with Gasteiger partial charge in [-0.2, -0.15) is 0 Å². The summed E-state index contributed by atoms with van der Waals surface area (Å²) >= 11 is 0. The van der Waals surface area contributed by atoms with Crippen LogP contribution in [0.3, 0.4) is 0 Å². The lowest BCUT2D eigenvalue weighted by Crippen LogP contribution is -2.40. The number of amides is 1. The second-order valence-corrected chi connectivity index (χ2v) is 4.14. The number of nitrogens with two attached hydrogens (primary N) is 1. The fourth-order valence-corrected chi connectivity index (χ4v) is 1.91. The van der Waals surface area contributed by atoms with Gasteiger partial charge in [0.1, 0.15) is 6.04 Å². The van der Waals surface area contributed by atoms with E-state index in [0.717, 1.165) is 0 Å². The predicted molar refractivity (Wildman–Crippen MR) is 68.6 cm³/mol. The molecule has 2 unspecified atom stereocenters. The third-order valence-corrected chi connectivity index (χ3v) is 2.72. The molecule has 1 aliphatic rings. The Balaban J connectivity index is 0.00000154. The number of hydrogen-bond donors (Lipinski definition) is 3. The number of carboxylic acid groups (broad SMARTS) is 2. The molecule has 0 spiro atoms. The van der Waals surface area contributed by atoms with Crippen molar-refractivity contribution in [2.24, 2.45) is 5.73 Å². The zero-order valence-corrected chi connectivity index (χ0v) is 11.3. The minimum absolute atomic E-state index is 0.0444. The van der Waals surface area contributed by atoms with Crippen molar-refractivity contribution in [1.29, 1.82) is 0 Å². The molecule has 4 N–H and O–H groups in total. The van der Waals surface area contributed by atoms with Crippen LogP contribution in [0.5, 0.6) is 0 Å². The highest BCUT2D eigenvalue weighted by Crippen LogP contribution is 2.18. The molecule has 19 heavy (non-hydrogen) atoms. The SMILES string of the molecule is CC.NC1CC(C(=O)O)N(C(=O)CCCC(=O)O)C1. The standard InChI is InChI=1S/C10H16N2O5.C2H6/c11-6-4-7(10(16)17)12(5-6)8(13)2-1-3-9(14)15;1-2/h6-7H,1-5,11H2,(H,14,15)(H,16,17);1-2H3. The van der Waals surface area contributed by atoms with Gasteiger partial charge >= 0.3 is 11.9 Å². The van der Waals surface area contributed by atoms with Crippen LogP contribution < -0.4 is 5.73 Å². The summed E-state index contributed by atoms with van der Waals surface area (Å²) in [7, 11) is 0. The van der Waals surface area contributed by atoms with Crippen molar-refractivity contribution >= 4 is 17.8 Å². The van der Waals surface area contributed by atoms with E-state index in [1.807, 2.05) is 13.8 Å². The van der Waals surface area contributed by atoms with Gasteiger partial charge in [0, 0.05) is 25.4 Å². The lowest BCUT2D eigenvalue weighted by molar-refractivity contribution is -0.148. The molecule has 1 saturated heterocycles. The molecule has 7 nitrogen and oxygen atoms in total. The van der Waals surface area contributed by atoms with E-state index < -0.39 is 18.0 Å². The molecule has 1 rings (SSSR count). The summed E-state index contributed by atoms with van der Waals surface area (Å²) < 4.78 is 0. The third kappa shape index (κ3) is 5.69. The van der Waals surface area contributed by atoms with Gasteiger partial charge in [-0.1, -0.05) is 13.8 Å². The van der Waals surface area contributed by atoms with Gasteiger partial charge in [-0.05, 0) is 12.8 Å². The highest BCUT2D eigenvalue weighted by Gasteiger charge is 2.37. The normalized spacial score (nSPS) is 21.5.